The zero-order valence-corrected chi connectivity index (χ0v) is 11.0. The van der Waals surface area contributed by atoms with Crippen LogP contribution in [0.3, 0.4) is 0 Å². The van der Waals surface area contributed by atoms with E-state index in [1.165, 1.54) is 0 Å². The van der Waals surface area contributed by atoms with Gasteiger partial charge in [0, 0.05) is 19.3 Å². The molecule has 18 heavy (non-hydrogen) atoms. The lowest BCUT2D eigenvalue weighted by atomic mass is 9.78. The molecule has 2 nitrogen and oxygen atoms in total. The monoisotopic (exact) mass is 262 g/mol. The molecule has 0 radical (unpaired) electrons. The van der Waals surface area contributed by atoms with E-state index in [-0.39, 0.29) is 25.2 Å². The van der Waals surface area contributed by atoms with Gasteiger partial charge < -0.3 is 5.11 Å². The molecule has 0 heterocycles. The standard InChI is InChI=1S/C14H24F2O2/c15-14(16)10-12(11-14)8-6-4-2-1-3-5-7-9-13(17)18/h12H,1-11H2,(H,17,18). The molecule has 1 rings (SSSR count). The van der Waals surface area contributed by atoms with Crippen LogP contribution in [0, 0.1) is 5.92 Å². The maximum atomic E-state index is 12.6. The number of hydrogen-bond donors (Lipinski definition) is 1. The molecule has 0 saturated heterocycles. The second kappa shape index (κ2) is 7.70. The van der Waals surface area contributed by atoms with Gasteiger partial charge in [0.15, 0.2) is 0 Å². The number of hydrogen-bond acceptors (Lipinski definition) is 1. The van der Waals surface area contributed by atoms with Gasteiger partial charge in [-0.2, -0.15) is 0 Å². The summed E-state index contributed by atoms with van der Waals surface area (Å²) in [5, 5.41) is 8.45. The Morgan fingerprint density at radius 1 is 1.00 bits per heavy atom. The molecule has 1 aliphatic rings. The molecule has 0 unspecified atom stereocenters. The lowest BCUT2D eigenvalue weighted by Crippen LogP contribution is -2.35. The fourth-order valence-corrected chi connectivity index (χ4v) is 2.58. The van der Waals surface area contributed by atoms with Crippen molar-refractivity contribution in [1.29, 1.82) is 0 Å². The van der Waals surface area contributed by atoms with Crippen LogP contribution in [0.15, 0.2) is 0 Å². The largest absolute Gasteiger partial charge is 0.481 e. The van der Waals surface area contributed by atoms with E-state index in [0.29, 0.717) is 0 Å². The Hall–Kier alpha value is -0.670. The number of halogens is 2. The normalized spacial score (nSPS) is 18.6. The maximum Gasteiger partial charge on any atom is 0.303 e. The number of alkyl halides is 2. The SMILES string of the molecule is O=C(O)CCCCCCCCCC1CC(F)(F)C1. The summed E-state index contributed by atoms with van der Waals surface area (Å²) in [6, 6.07) is 0. The van der Waals surface area contributed by atoms with Crippen LogP contribution in [0.25, 0.3) is 0 Å². The minimum Gasteiger partial charge on any atom is -0.481 e. The van der Waals surface area contributed by atoms with Gasteiger partial charge >= 0.3 is 5.97 Å². The molecule has 0 aromatic rings. The Morgan fingerprint density at radius 2 is 1.50 bits per heavy atom. The van der Waals surface area contributed by atoms with Crippen molar-refractivity contribution in [3.8, 4) is 0 Å². The molecule has 1 N–H and O–H groups in total. The zero-order valence-electron chi connectivity index (χ0n) is 11.0. The molecule has 1 saturated carbocycles. The summed E-state index contributed by atoms with van der Waals surface area (Å²) in [5.41, 5.74) is 0. The molecular weight excluding hydrogens is 238 g/mol. The average Bonchev–Trinajstić information content (AvgIpc) is 2.23. The summed E-state index contributed by atoms with van der Waals surface area (Å²) in [5.74, 6) is -2.82. The highest BCUT2D eigenvalue weighted by molar-refractivity contribution is 5.66. The predicted octanol–water partition coefficient (Wildman–Crippen LogP) is 4.63. The van der Waals surface area contributed by atoms with Gasteiger partial charge in [-0.05, 0) is 12.3 Å². The van der Waals surface area contributed by atoms with E-state index in [9.17, 15) is 13.6 Å². The van der Waals surface area contributed by atoms with Gasteiger partial charge in [-0.3, -0.25) is 4.79 Å². The van der Waals surface area contributed by atoms with Crippen LogP contribution >= 0.6 is 0 Å². The van der Waals surface area contributed by atoms with Crippen LogP contribution in [0.5, 0.6) is 0 Å². The number of carboxylic acids is 1. The molecule has 1 fully saturated rings. The number of carbonyl (C=O) groups is 1. The minimum atomic E-state index is -2.37. The van der Waals surface area contributed by atoms with E-state index >= 15 is 0 Å². The Labute approximate surface area is 108 Å². The van der Waals surface area contributed by atoms with Gasteiger partial charge in [0.25, 0.3) is 0 Å². The maximum absolute atomic E-state index is 12.6. The van der Waals surface area contributed by atoms with E-state index in [1.807, 2.05) is 0 Å². The van der Waals surface area contributed by atoms with Gasteiger partial charge in [0.2, 0.25) is 5.92 Å². The van der Waals surface area contributed by atoms with Crippen molar-refractivity contribution in [2.45, 2.75) is 76.6 Å². The van der Waals surface area contributed by atoms with Crippen molar-refractivity contribution in [3.05, 3.63) is 0 Å². The van der Waals surface area contributed by atoms with Gasteiger partial charge in [0.1, 0.15) is 0 Å². The summed E-state index contributed by atoms with van der Waals surface area (Å²) < 4.78 is 25.1. The summed E-state index contributed by atoms with van der Waals surface area (Å²) in [6.45, 7) is 0. The molecule has 0 aromatic carbocycles. The third-order valence-corrected chi connectivity index (χ3v) is 3.68. The Morgan fingerprint density at radius 3 is 2.00 bits per heavy atom. The Kier molecular flexibility index (Phi) is 6.58. The van der Waals surface area contributed by atoms with Crippen molar-refractivity contribution < 1.29 is 18.7 Å². The summed E-state index contributed by atoms with van der Waals surface area (Å²) in [4.78, 5) is 10.3. The molecule has 106 valence electrons. The first-order valence-electron chi connectivity index (χ1n) is 7.09. The molecule has 1 aliphatic carbocycles. The van der Waals surface area contributed by atoms with E-state index in [2.05, 4.69) is 0 Å². The minimum absolute atomic E-state index is 0.0994. The van der Waals surface area contributed by atoms with Crippen LogP contribution in [0.1, 0.15) is 70.6 Å². The van der Waals surface area contributed by atoms with Gasteiger partial charge in [-0.1, -0.05) is 44.9 Å². The molecule has 0 amide bonds. The molecule has 0 bridgehead atoms. The number of carboxylic acid groups (broad SMARTS) is 1. The Balaban J connectivity index is 1.76. The van der Waals surface area contributed by atoms with Crippen LogP contribution in [0.4, 0.5) is 8.78 Å². The van der Waals surface area contributed by atoms with Crippen molar-refractivity contribution >= 4 is 5.97 Å². The highest BCUT2D eigenvalue weighted by atomic mass is 19.3. The molecule has 0 aliphatic heterocycles. The van der Waals surface area contributed by atoms with E-state index in [4.69, 9.17) is 5.11 Å². The van der Waals surface area contributed by atoms with Crippen LogP contribution < -0.4 is 0 Å². The summed E-state index contributed by atoms with van der Waals surface area (Å²) in [7, 11) is 0. The first-order chi connectivity index (χ1) is 8.49. The smallest absolute Gasteiger partial charge is 0.303 e. The van der Waals surface area contributed by atoms with E-state index in [0.717, 1.165) is 51.4 Å². The third kappa shape index (κ3) is 6.92. The average molecular weight is 262 g/mol. The number of rotatable bonds is 10. The zero-order chi connectivity index (χ0) is 13.4. The van der Waals surface area contributed by atoms with Crippen molar-refractivity contribution in [1.82, 2.24) is 0 Å². The second-order valence-corrected chi connectivity index (χ2v) is 5.54. The van der Waals surface area contributed by atoms with Crippen LogP contribution in [0.2, 0.25) is 0 Å². The quantitative estimate of drug-likeness (QED) is 0.583. The highest BCUT2D eigenvalue weighted by Crippen LogP contribution is 2.44. The lowest BCUT2D eigenvalue weighted by molar-refractivity contribution is -0.137. The second-order valence-electron chi connectivity index (χ2n) is 5.54. The molecule has 0 spiro atoms. The highest BCUT2D eigenvalue weighted by Gasteiger charge is 2.44. The van der Waals surface area contributed by atoms with E-state index in [1.54, 1.807) is 0 Å². The van der Waals surface area contributed by atoms with Gasteiger partial charge in [-0.15, -0.1) is 0 Å². The lowest BCUT2D eigenvalue weighted by Gasteiger charge is -2.34. The Bertz CT molecular complexity index is 246. The fourth-order valence-electron chi connectivity index (χ4n) is 2.58. The molecular formula is C14H24F2O2. The third-order valence-electron chi connectivity index (χ3n) is 3.68. The molecule has 0 atom stereocenters. The number of unbranched alkanes of at least 4 members (excludes halogenated alkanes) is 6. The van der Waals surface area contributed by atoms with E-state index < -0.39 is 11.9 Å². The number of aliphatic carboxylic acids is 1. The van der Waals surface area contributed by atoms with Crippen LogP contribution in [-0.2, 0) is 4.79 Å². The molecule has 0 aromatic heterocycles. The van der Waals surface area contributed by atoms with Crippen LogP contribution in [-0.4, -0.2) is 17.0 Å². The predicted molar refractivity (Wildman–Crippen MR) is 66.9 cm³/mol. The first kappa shape index (κ1) is 15.4. The summed E-state index contributed by atoms with van der Waals surface area (Å²) in [6.07, 6.45) is 8.75. The first-order valence-corrected chi connectivity index (χ1v) is 7.09. The van der Waals surface area contributed by atoms with Crippen molar-refractivity contribution in [3.63, 3.8) is 0 Å². The van der Waals surface area contributed by atoms with Crippen molar-refractivity contribution in [2.75, 3.05) is 0 Å². The topological polar surface area (TPSA) is 37.3 Å². The van der Waals surface area contributed by atoms with Gasteiger partial charge in [-0.25, -0.2) is 8.78 Å². The summed E-state index contributed by atoms with van der Waals surface area (Å²) >= 11 is 0. The fraction of sp³-hybridized carbons (Fsp3) is 0.929. The van der Waals surface area contributed by atoms with Gasteiger partial charge in [0.05, 0.1) is 0 Å². The molecule has 4 heteroatoms. The van der Waals surface area contributed by atoms with Crippen molar-refractivity contribution in [2.24, 2.45) is 5.92 Å².